The Labute approximate surface area is 126 Å². The van der Waals surface area contributed by atoms with E-state index in [0.29, 0.717) is 12.4 Å². The molecule has 0 saturated carbocycles. The number of cyclic esters (lactones) is 1. The minimum Gasteiger partial charge on any atom is -0.493 e. The van der Waals surface area contributed by atoms with Gasteiger partial charge in [-0.1, -0.05) is 33.3 Å². The van der Waals surface area contributed by atoms with Crippen molar-refractivity contribution in [2.75, 3.05) is 13.7 Å². The Balaban J connectivity index is 2.17. The van der Waals surface area contributed by atoms with Gasteiger partial charge in [-0.15, -0.1) is 0 Å². The van der Waals surface area contributed by atoms with Crippen LogP contribution < -0.4 is 9.47 Å². The van der Waals surface area contributed by atoms with Gasteiger partial charge in [-0.3, -0.25) is 4.79 Å². The molecule has 1 aliphatic heterocycles. The van der Waals surface area contributed by atoms with Crippen molar-refractivity contribution in [1.29, 1.82) is 0 Å². The second kappa shape index (κ2) is 6.83. The molecule has 21 heavy (non-hydrogen) atoms. The van der Waals surface area contributed by atoms with E-state index in [2.05, 4.69) is 6.92 Å². The fourth-order valence-corrected chi connectivity index (χ4v) is 2.50. The molecule has 1 fully saturated rings. The Morgan fingerprint density at radius 1 is 1.24 bits per heavy atom. The molecule has 0 radical (unpaired) electrons. The van der Waals surface area contributed by atoms with Crippen LogP contribution in [-0.2, 0) is 9.53 Å². The number of methoxy groups -OCH3 is 1. The SMILES string of the molecule is CCCCOc1ccc(C2OC(=O)C(C)[C@H]2C)cc1OC. The van der Waals surface area contributed by atoms with Crippen molar-refractivity contribution in [3.63, 3.8) is 0 Å². The lowest BCUT2D eigenvalue weighted by Crippen LogP contribution is -2.10. The maximum absolute atomic E-state index is 11.7. The third kappa shape index (κ3) is 3.31. The van der Waals surface area contributed by atoms with Gasteiger partial charge in [0, 0.05) is 5.92 Å². The molecule has 2 rings (SSSR count). The zero-order valence-corrected chi connectivity index (χ0v) is 13.2. The predicted molar refractivity (Wildman–Crippen MR) is 80.6 cm³/mol. The van der Waals surface area contributed by atoms with E-state index >= 15 is 0 Å². The zero-order chi connectivity index (χ0) is 15.4. The first kappa shape index (κ1) is 15.7. The van der Waals surface area contributed by atoms with Gasteiger partial charge < -0.3 is 14.2 Å². The van der Waals surface area contributed by atoms with Gasteiger partial charge in [0.15, 0.2) is 11.5 Å². The Bertz CT molecular complexity index is 498. The second-order valence-corrected chi connectivity index (χ2v) is 5.62. The van der Waals surface area contributed by atoms with E-state index in [1.165, 1.54) is 0 Å². The van der Waals surface area contributed by atoms with Crippen LogP contribution in [0.4, 0.5) is 0 Å². The topological polar surface area (TPSA) is 44.8 Å². The summed E-state index contributed by atoms with van der Waals surface area (Å²) in [6.45, 7) is 6.75. The molecule has 2 unspecified atom stereocenters. The first-order valence-electron chi connectivity index (χ1n) is 7.59. The molecule has 0 aromatic heterocycles. The average Bonchev–Trinajstić information content (AvgIpc) is 2.75. The highest BCUT2D eigenvalue weighted by molar-refractivity contribution is 5.75. The van der Waals surface area contributed by atoms with Gasteiger partial charge in [-0.25, -0.2) is 0 Å². The number of carbonyl (C=O) groups is 1. The largest absolute Gasteiger partial charge is 0.493 e. The summed E-state index contributed by atoms with van der Waals surface area (Å²) in [5.74, 6) is 1.39. The highest BCUT2D eigenvalue weighted by Crippen LogP contribution is 2.41. The molecule has 116 valence electrons. The third-order valence-electron chi connectivity index (χ3n) is 4.15. The zero-order valence-electron chi connectivity index (χ0n) is 13.2. The first-order chi connectivity index (χ1) is 10.1. The smallest absolute Gasteiger partial charge is 0.309 e. The lowest BCUT2D eigenvalue weighted by atomic mass is 9.90. The van der Waals surface area contributed by atoms with Crippen LogP contribution in [0.1, 0.15) is 45.3 Å². The molecule has 0 spiro atoms. The van der Waals surface area contributed by atoms with Gasteiger partial charge >= 0.3 is 5.97 Å². The molecule has 1 aromatic carbocycles. The first-order valence-corrected chi connectivity index (χ1v) is 7.59. The number of esters is 1. The number of carbonyl (C=O) groups excluding carboxylic acids is 1. The predicted octanol–water partition coefficient (Wildman–Crippen LogP) is 3.74. The molecule has 0 N–H and O–H groups in total. The van der Waals surface area contributed by atoms with Crippen LogP contribution in [0.5, 0.6) is 11.5 Å². The van der Waals surface area contributed by atoms with E-state index in [9.17, 15) is 4.79 Å². The Morgan fingerprint density at radius 3 is 2.57 bits per heavy atom. The quantitative estimate of drug-likeness (QED) is 0.592. The monoisotopic (exact) mass is 292 g/mol. The molecular formula is C17H24O4. The molecule has 1 saturated heterocycles. The summed E-state index contributed by atoms with van der Waals surface area (Å²) in [6, 6.07) is 5.76. The van der Waals surface area contributed by atoms with E-state index in [1.54, 1.807) is 7.11 Å². The molecule has 1 aromatic rings. The van der Waals surface area contributed by atoms with Crippen molar-refractivity contribution in [2.45, 2.75) is 39.7 Å². The minimum atomic E-state index is -0.203. The van der Waals surface area contributed by atoms with Crippen LogP contribution in [0.2, 0.25) is 0 Å². The van der Waals surface area contributed by atoms with Crippen LogP contribution >= 0.6 is 0 Å². The van der Waals surface area contributed by atoms with Crippen LogP contribution in [0.15, 0.2) is 18.2 Å². The van der Waals surface area contributed by atoms with Gasteiger partial charge in [0.05, 0.1) is 19.6 Å². The fourth-order valence-electron chi connectivity index (χ4n) is 2.50. The number of rotatable bonds is 6. The maximum atomic E-state index is 11.7. The molecule has 0 amide bonds. The molecule has 4 heteroatoms. The number of benzene rings is 1. The van der Waals surface area contributed by atoms with Crippen molar-refractivity contribution in [2.24, 2.45) is 11.8 Å². The number of ether oxygens (including phenoxy) is 3. The molecule has 1 heterocycles. The van der Waals surface area contributed by atoms with Gasteiger partial charge in [-0.05, 0) is 24.1 Å². The number of hydrogen-bond acceptors (Lipinski definition) is 4. The summed E-state index contributed by atoms with van der Waals surface area (Å²) in [5.41, 5.74) is 0.958. The van der Waals surface area contributed by atoms with Crippen molar-refractivity contribution in [1.82, 2.24) is 0 Å². The van der Waals surface area contributed by atoms with E-state index in [1.807, 2.05) is 32.0 Å². The summed E-state index contributed by atoms with van der Waals surface area (Å²) in [5, 5.41) is 0. The van der Waals surface area contributed by atoms with E-state index in [4.69, 9.17) is 14.2 Å². The average molecular weight is 292 g/mol. The Morgan fingerprint density at radius 2 is 2.00 bits per heavy atom. The summed E-state index contributed by atoms with van der Waals surface area (Å²) < 4.78 is 16.6. The number of unbranched alkanes of at least 4 members (excludes halogenated alkanes) is 1. The highest BCUT2D eigenvalue weighted by atomic mass is 16.6. The molecule has 1 aliphatic rings. The van der Waals surface area contributed by atoms with Gasteiger partial charge in [-0.2, -0.15) is 0 Å². The third-order valence-corrected chi connectivity index (χ3v) is 4.15. The molecular weight excluding hydrogens is 268 g/mol. The Kier molecular flexibility index (Phi) is 5.10. The van der Waals surface area contributed by atoms with E-state index in [0.717, 1.165) is 24.2 Å². The summed E-state index contributed by atoms with van der Waals surface area (Å²) >= 11 is 0. The molecule has 0 bridgehead atoms. The molecule has 0 aliphatic carbocycles. The normalized spacial score (nSPS) is 24.8. The lowest BCUT2D eigenvalue weighted by molar-refractivity contribution is -0.144. The lowest BCUT2D eigenvalue weighted by Gasteiger charge is -2.18. The fraction of sp³-hybridized carbons (Fsp3) is 0.588. The van der Waals surface area contributed by atoms with Crippen LogP contribution in [0, 0.1) is 11.8 Å². The second-order valence-electron chi connectivity index (χ2n) is 5.62. The number of hydrogen-bond donors (Lipinski definition) is 0. The van der Waals surface area contributed by atoms with Crippen molar-refractivity contribution in [3.05, 3.63) is 23.8 Å². The maximum Gasteiger partial charge on any atom is 0.309 e. The summed E-state index contributed by atoms with van der Waals surface area (Å²) in [6.07, 6.45) is 1.90. The van der Waals surface area contributed by atoms with Gasteiger partial charge in [0.1, 0.15) is 6.10 Å². The Hall–Kier alpha value is -1.71. The van der Waals surface area contributed by atoms with E-state index < -0.39 is 0 Å². The standard InChI is InChI=1S/C17H24O4/c1-5-6-9-20-14-8-7-13(10-15(14)19-4)16-11(2)12(3)17(18)21-16/h7-8,10-12,16H,5-6,9H2,1-4H3/t11-,12?,16?/m1/s1. The van der Waals surface area contributed by atoms with Crippen molar-refractivity contribution < 1.29 is 19.0 Å². The van der Waals surface area contributed by atoms with Crippen LogP contribution in [0.3, 0.4) is 0 Å². The molecule has 4 nitrogen and oxygen atoms in total. The van der Waals surface area contributed by atoms with Crippen molar-refractivity contribution >= 4 is 5.97 Å². The highest BCUT2D eigenvalue weighted by Gasteiger charge is 2.39. The van der Waals surface area contributed by atoms with Gasteiger partial charge in [0.2, 0.25) is 0 Å². The van der Waals surface area contributed by atoms with Crippen molar-refractivity contribution in [3.8, 4) is 11.5 Å². The van der Waals surface area contributed by atoms with Gasteiger partial charge in [0.25, 0.3) is 0 Å². The van der Waals surface area contributed by atoms with E-state index in [-0.39, 0.29) is 23.9 Å². The minimum absolute atomic E-state index is 0.0681. The summed E-state index contributed by atoms with van der Waals surface area (Å²) in [7, 11) is 1.62. The molecule has 3 atom stereocenters. The van der Waals surface area contributed by atoms with Crippen LogP contribution in [-0.4, -0.2) is 19.7 Å². The summed E-state index contributed by atoms with van der Waals surface area (Å²) in [4.78, 5) is 11.7. The van der Waals surface area contributed by atoms with Crippen LogP contribution in [0.25, 0.3) is 0 Å².